The van der Waals surface area contributed by atoms with Crippen molar-refractivity contribution in [1.29, 1.82) is 0 Å². The fourth-order valence-corrected chi connectivity index (χ4v) is 2.51. The Bertz CT molecular complexity index is 407. The van der Waals surface area contributed by atoms with E-state index < -0.39 is 36.8 Å². The zero-order valence-electron chi connectivity index (χ0n) is 11.2. The molecule has 0 aliphatic carbocycles. The smallest absolute Gasteiger partial charge is 0.186 e. The van der Waals surface area contributed by atoms with Gasteiger partial charge in [0.25, 0.3) is 0 Å². The molecule has 20 heavy (non-hydrogen) atoms. The second-order valence-corrected chi connectivity index (χ2v) is 5.00. The van der Waals surface area contributed by atoms with Gasteiger partial charge in [0.2, 0.25) is 0 Å². The SMILES string of the molecule is CO[C@H]1O[C@H](CO)[C@@H](O)[C@](O)(Cc2ccccc2)[C@H]1O. The highest BCUT2D eigenvalue weighted by Crippen LogP contribution is 2.33. The molecular weight excluding hydrogens is 264 g/mol. The third-order valence-electron chi connectivity index (χ3n) is 3.69. The normalized spacial score (nSPS) is 37.9. The summed E-state index contributed by atoms with van der Waals surface area (Å²) < 4.78 is 10.2. The maximum atomic E-state index is 10.7. The molecule has 2 rings (SSSR count). The van der Waals surface area contributed by atoms with Gasteiger partial charge in [0.05, 0.1) is 6.61 Å². The van der Waals surface area contributed by atoms with Crippen LogP contribution in [0.15, 0.2) is 30.3 Å². The average molecular weight is 284 g/mol. The van der Waals surface area contributed by atoms with Crippen molar-refractivity contribution in [3.63, 3.8) is 0 Å². The Balaban J connectivity index is 2.28. The van der Waals surface area contributed by atoms with Gasteiger partial charge in [-0.25, -0.2) is 0 Å². The number of aliphatic hydroxyl groups is 4. The van der Waals surface area contributed by atoms with Gasteiger partial charge in [0, 0.05) is 13.5 Å². The lowest BCUT2D eigenvalue weighted by atomic mass is 9.79. The van der Waals surface area contributed by atoms with E-state index in [2.05, 4.69) is 0 Å². The third kappa shape index (κ3) is 2.71. The Labute approximate surface area is 117 Å². The van der Waals surface area contributed by atoms with Gasteiger partial charge in [-0.15, -0.1) is 0 Å². The lowest BCUT2D eigenvalue weighted by Crippen LogP contribution is -2.68. The first-order chi connectivity index (χ1) is 9.52. The Morgan fingerprint density at radius 2 is 1.85 bits per heavy atom. The molecule has 1 aliphatic heterocycles. The van der Waals surface area contributed by atoms with Gasteiger partial charge >= 0.3 is 0 Å². The summed E-state index contributed by atoms with van der Waals surface area (Å²) in [5, 5.41) is 40.3. The first-order valence-corrected chi connectivity index (χ1v) is 6.44. The number of benzene rings is 1. The van der Waals surface area contributed by atoms with E-state index in [4.69, 9.17) is 9.47 Å². The van der Waals surface area contributed by atoms with Crippen molar-refractivity contribution in [1.82, 2.24) is 0 Å². The molecule has 0 unspecified atom stereocenters. The molecular formula is C14H20O6. The van der Waals surface area contributed by atoms with E-state index in [-0.39, 0.29) is 6.42 Å². The largest absolute Gasteiger partial charge is 0.394 e. The molecule has 0 saturated carbocycles. The van der Waals surface area contributed by atoms with Crippen LogP contribution in [0.2, 0.25) is 0 Å². The lowest BCUT2D eigenvalue weighted by molar-refractivity contribution is -0.327. The highest BCUT2D eigenvalue weighted by Gasteiger charge is 2.54. The molecule has 112 valence electrons. The molecule has 1 aromatic carbocycles. The van der Waals surface area contributed by atoms with Gasteiger partial charge in [-0.1, -0.05) is 30.3 Å². The molecule has 5 atom stereocenters. The molecule has 0 radical (unpaired) electrons. The molecule has 1 aromatic rings. The van der Waals surface area contributed by atoms with Crippen LogP contribution >= 0.6 is 0 Å². The predicted octanol–water partition coefficient (Wildman–Crippen LogP) is -0.954. The number of ether oxygens (including phenoxy) is 2. The molecule has 0 amide bonds. The molecule has 6 heteroatoms. The summed E-state index contributed by atoms with van der Waals surface area (Å²) in [5.41, 5.74) is -1.10. The molecule has 1 fully saturated rings. The van der Waals surface area contributed by atoms with Crippen LogP contribution < -0.4 is 0 Å². The van der Waals surface area contributed by atoms with Crippen molar-refractivity contribution in [2.45, 2.75) is 36.6 Å². The summed E-state index contributed by atoms with van der Waals surface area (Å²) in [5.74, 6) is 0. The fraction of sp³-hybridized carbons (Fsp3) is 0.571. The fourth-order valence-electron chi connectivity index (χ4n) is 2.51. The van der Waals surface area contributed by atoms with E-state index in [1.54, 1.807) is 24.3 Å². The molecule has 4 N–H and O–H groups in total. The first-order valence-electron chi connectivity index (χ1n) is 6.44. The van der Waals surface area contributed by atoms with E-state index in [9.17, 15) is 20.4 Å². The zero-order valence-corrected chi connectivity index (χ0v) is 11.2. The van der Waals surface area contributed by atoms with Crippen molar-refractivity contribution in [2.24, 2.45) is 0 Å². The van der Waals surface area contributed by atoms with E-state index in [1.165, 1.54) is 7.11 Å². The monoisotopic (exact) mass is 284 g/mol. The Hall–Kier alpha value is -1.02. The van der Waals surface area contributed by atoms with Crippen LogP contribution in [0.25, 0.3) is 0 Å². The average Bonchev–Trinajstić information content (AvgIpc) is 2.47. The number of aliphatic hydroxyl groups excluding tert-OH is 3. The van der Waals surface area contributed by atoms with Crippen LogP contribution in [0.3, 0.4) is 0 Å². The third-order valence-corrected chi connectivity index (χ3v) is 3.69. The summed E-state index contributed by atoms with van der Waals surface area (Å²) >= 11 is 0. The topological polar surface area (TPSA) is 99.4 Å². The highest BCUT2D eigenvalue weighted by molar-refractivity contribution is 5.20. The first kappa shape index (κ1) is 15.4. The molecule has 1 saturated heterocycles. The number of rotatable bonds is 4. The van der Waals surface area contributed by atoms with Crippen LogP contribution in [0.1, 0.15) is 5.56 Å². The Morgan fingerprint density at radius 3 is 2.40 bits per heavy atom. The number of methoxy groups -OCH3 is 1. The van der Waals surface area contributed by atoms with Crippen molar-refractivity contribution >= 4 is 0 Å². The van der Waals surface area contributed by atoms with Crippen molar-refractivity contribution in [3.05, 3.63) is 35.9 Å². The minimum Gasteiger partial charge on any atom is -0.394 e. The molecule has 1 aliphatic rings. The van der Waals surface area contributed by atoms with Gasteiger partial charge in [-0.05, 0) is 5.56 Å². The standard InChI is InChI=1S/C14H20O6/c1-19-13-12(17)14(18,11(16)10(8-15)20-13)7-9-5-3-2-4-6-9/h2-6,10-13,15-18H,7-8H2,1H3/t10-,11-,12+,13+,14-/m1/s1. The highest BCUT2D eigenvalue weighted by atomic mass is 16.7. The van der Waals surface area contributed by atoms with Crippen LogP contribution in [0.5, 0.6) is 0 Å². The van der Waals surface area contributed by atoms with Gasteiger partial charge in [-0.3, -0.25) is 0 Å². The van der Waals surface area contributed by atoms with Crippen molar-refractivity contribution < 1.29 is 29.9 Å². The summed E-state index contributed by atoms with van der Waals surface area (Å²) in [7, 11) is 1.32. The summed E-state index contributed by atoms with van der Waals surface area (Å²) in [6.45, 7) is -0.481. The number of hydrogen-bond donors (Lipinski definition) is 4. The Kier molecular flexibility index (Phi) is 4.74. The van der Waals surface area contributed by atoms with Crippen LogP contribution in [-0.2, 0) is 15.9 Å². The van der Waals surface area contributed by atoms with Gasteiger partial charge < -0.3 is 29.9 Å². The van der Waals surface area contributed by atoms with E-state index in [0.717, 1.165) is 5.56 Å². The quantitative estimate of drug-likeness (QED) is 0.569. The molecule has 0 aromatic heterocycles. The summed E-state index contributed by atoms with van der Waals surface area (Å²) in [6, 6.07) is 8.99. The molecule has 0 spiro atoms. The van der Waals surface area contributed by atoms with Crippen molar-refractivity contribution in [2.75, 3.05) is 13.7 Å². The minimum absolute atomic E-state index is 0.0237. The van der Waals surface area contributed by atoms with E-state index in [0.29, 0.717) is 0 Å². The lowest BCUT2D eigenvalue weighted by Gasteiger charge is -2.47. The second kappa shape index (κ2) is 6.17. The predicted molar refractivity (Wildman–Crippen MR) is 69.9 cm³/mol. The molecule has 1 heterocycles. The van der Waals surface area contributed by atoms with Gasteiger partial charge in [0.15, 0.2) is 6.29 Å². The second-order valence-electron chi connectivity index (χ2n) is 5.00. The molecule has 6 nitrogen and oxygen atoms in total. The van der Waals surface area contributed by atoms with Crippen LogP contribution in [0, 0.1) is 0 Å². The summed E-state index contributed by atoms with van der Waals surface area (Å²) in [4.78, 5) is 0. The Morgan fingerprint density at radius 1 is 1.20 bits per heavy atom. The maximum absolute atomic E-state index is 10.7. The zero-order chi connectivity index (χ0) is 14.8. The minimum atomic E-state index is -1.85. The van der Waals surface area contributed by atoms with Crippen LogP contribution in [0.4, 0.5) is 0 Å². The van der Waals surface area contributed by atoms with Gasteiger partial charge in [0.1, 0.15) is 23.9 Å². The van der Waals surface area contributed by atoms with E-state index in [1.807, 2.05) is 6.07 Å². The van der Waals surface area contributed by atoms with Crippen molar-refractivity contribution in [3.8, 4) is 0 Å². The number of hydrogen-bond acceptors (Lipinski definition) is 6. The van der Waals surface area contributed by atoms with Crippen LogP contribution in [-0.4, -0.2) is 64.3 Å². The summed E-state index contributed by atoms with van der Waals surface area (Å²) in [6.07, 6.45) is -4.95. The van der Waals surface area contributed by atoms with Gasteiger partial charge in [-0.2, -0.15) is 0 Å². The van der Waals surface area contributed by atoms with E-state index >= 15 is 0 Å². The maximum Gasteiger partial charge on any atom is 0.186 e. The molecule has 0 bridgehead atoms.